The summed E-state index contributed by atoms with van der Waals surface area (Å²) in [6.07, 6.45) is 3.64. The van der Waals surface area contributed by atoms with E-state index in [-0.39, 0.29) is 6.04 Å². The first-order valence-corrected chi connectivity index (χ1v) is 7.82. The molecule has 0 bridgehead atoms. The zero-order valence-corrected chi connectivity index (χ0v) is 12.6. The van der Waals surface area contributed by atoms with E-state index >= 15 is 0 Å². The van der Waals surface area contributed by atoms with Crippen molar-refractivity contribution in [3.63, 3.8) is 0 Å². The van der Waals surface area contributed by atoms with Gasteiger partial charge in [-0.25, -0.2) is 0 Å². The number of hydrogen-bond acceptors (Lipinski definition) is 3. The molecule has 1 aliphatic heterocycles. The second kappa shape index (κ2) is 5.84. The molecule has 2 aliphatic rings. The first-order valence-electron chi connectivity index (χ1n) is 7.82. The number of aliphatic hydroxyl groups excluding tert-OH is 1. The molecule has 2 unspecified atom stereocenters. The predicted molar refractivity (Wildman–Crippen MR) is 81.9 cm³/mol. The van der Waals surface area contributed by atoms with Crippen molar-refractivity contribution in [1.29, 1.82) is 0 Å². The van der Waals surface area contributed by atoms with Gasteiger partial charge in [-0.1, -0.05) is 30.7 Å². The number of aliphatic hydroxyl groups is 1. The van der Waals surface area contributed by atoms with Gasteiger partial charge in [0.1, 0.15) is 0 Å². The SMILES string of the molecule is CN1CCN(C)C(C(O)c2ccc(C3CCC3)cc2)C1. The zero-order chi connectivity index (χ0) is 14.1. The van der Waals surface area contributed by atoms with Gasteiger partial charge in [-0.05, 0) is 44.0 Å². The molecule has 1 aromatic carbocycles. The van der Waals surface area contributed by atoms with Gasteiger partial charge in [0.2, 0.25) is 0 Å². The van der Waals surface area contributed by atoms with Crippen LogP contribution in [0.1, 0.15) is 42.4 Å². The normalized spacial score (nSPS) is 27.2. The third kappa shape index (κ3) is 2.76. The largest absolute Gasteiger partial charge is 0.387 e. The zero-order valence-electron chi connectivity index (χ0n) is 12.6. The summed E-state index contributed by atoms with van der Waals surface area (Å²) < 4.78 is 0. The smallest absolute Gasteiger partial charge is 0.0957 e. The van der Waals surface area contributed by atoms with E-state index < -0.39 is 6.10 Å². The average molecular weight is 274 g/mol. The Hall–Kier alpha value is -0.900. The van der Waals surface area contributed by atoms with Crippen LogP contribution < -0.4 is 0 Å². The molecule has 110 valence electrons. The van der Waals surface area contributed by atoms with E-state index in [0.717, 1.165) is 31.1 Å². The van der Waals surface area contributed by atoms with Crippen LogP contribution in [-0.4, -0.2) is 54.7 Å². The third-order valence-electron chi connectivity index (χ3n) is 5.12. The number of piperazine rings is 1. The van der Waals surface area contributed by atoms with Crippen molar-refractivity contribution in [2.75, 3.05) is 33.7 Å². The fraction of sp³-hybridized carbons (Fsp3) is 0.647. The van der Waals surface area contributed by atoms with E-state index in [1.807, 2.05) is 0 Å². The van der Waals surface area contributed by atoms with Gasteiger partial charge in [0, 0.05) is 19.6 Å². The van der Waals surface area contributed by atoms with Gasteiger partial charge in [0.05, 0.1) is 12.1 Å². The number of nitrogens with zero attached hydrogens (tertiary/aromatic N) is 2. The molecule has 0 radical (unpaired) electrons. The summed E-state index contributed by atoms with van der Waals surface area (Å²) in [4.78, 5) is 4.58. The van der Waals surface area contributed by atoms with Crippen LogP contribution in [0.4, 0.5) is 0 Å². The molecule has 3 nitrogen and oxygen atoms in total. The highest BCUT2D eigenvalue weighted by Gasteiger charge is 2.29. The Kier molecular flexibility index (Phi) is 4.11. The molecule has 1 heterocycles. The van der Waals surface area contributed by atoms with Crippen LogP contribution in [0.2, 0.25) is 0 Å². The predicted octanol–water partition coefficient (Wildman–Crippen LogP) is 2.23. The molecule has 1 N–H and O–H groups in total. The maximum absolute atomic E-state index is 10.7. The van der Waals surface area contributed by atoms with Crippen LogP contribution >= 0.6 is 0 Å². The van der Waals surface area contributed by atoms with E-state index in [0.29, 0.717) is 0 Å². The molecule has 1 saturated heterocycles. The van der Waals surface area contributed by atoms with Gasteiger partial charge in [-0.3, -0.25) is 4.90 Å². The van der Waals surface area contributed by atoms with Crippen LogP contribution in [0.3, 0.4) is 0 Å². The fourth-order valence-corrected chi connectivity index (χ4v) is 3.31. The van der Waals surface area contributed by atoms with E-state index in [4.69, 9.17) is 0 Å². The van der Waals surface area contributed by atoms with Crippen molar-refractivity contribution in [3.8, 4) is 0 Å². The molecular weight excluding hydrogens is 248 g/mol. The Balaban J connectivity index is 1.70. The summed E-state index contributed by atoms with van der Waals surface area (Å²) in [7, 11) is 4.25. The highest BCUT2D eigenvalue weighted by molar-refractivity contribution is 5.28. The molecule has 3 heteroatoms. The molecule has 3 rings (SSSR count). The van der Waals surface area contributed by atoms with Crippen LogP contribution in [-0.2, 0) is 0 Å². The molecule has 1 aromatic rings. The van der Waals surface area contributed by atoms with Gasteiger partial charge in [-0.2, -0.15) is 0 Å². The summed E-state index contributed by atoms with van der Waals surface area (Å²) in [5.41, 5.74) is 2.50. The lowest BCUT2D eigenvalue weighted by Crippen LogP contribution is -2.52. The van der Waals surface area contributed by atoms with Gasteiger partial charge in [-0.15, -0.1) is 0 Å². The maximum Gasteiger partial charge on any atom is 0.0957 e. The van der Waals surface area contributed by atoms with Crippen LogP contribution in [0.25, 0.3) is 0 Å². The molecule has 0 amide bonds. The minimum Gasteiger partial charge on any atom is -0.387 e. The Bertz CT molecular complexity index is 441. The van der Waals surface area contributed by atoms with E-state index in [1.54, 1.807) is 0 Å². The molecule has 20 heavy (non-hydrogen) atoms. The van der Waals surface area contributed by atoms with Crippen molar-refractivity contribution in [1.82, 2.24) is 9.80 Å². The Morgan fingerprint density at radius 2 is 1.80 bits per heavy atom. The first-order chi connectivity index (χ1) is 9.65. The van der Waals surface area contributed by atoms with Gasteiger partial charge in [0.15, 0.2) is 0 Å². The Labute approximate surface area is 122 Å². The summed E-state index contributed by atoms with van der Waals surface area (Å²) in [5.74, 6) is 0.768. The monoisotopic (exact) mass is 274 g/mol. The summed E-state index contributed by atoms with van der Waals surface area (Å²) in [6, 6.07) is 8.88. The Morgan fingerprint density at radius 3 is 2.40 bits per heavy atom. The van der Waals surface area contributed by atoms with Crippen LogP contribution in [0.5, 0.6) is 0 Å². The molecule has 0 aromatic heterocycles. The summed E-state index contributed by atoms with van der Waals surface area (Å²) in [5, 5.41) is 10.7. The van der Waals surface area contributed by atoms with Crippen molar-refractivity contribution in [2.45, 2.75) is 37.3 Å². The lowest BCUT2D eigenvalue weighted by molar-refractivity contribution is 0.0138. The van der Waals surface area contributed by atoms with E-state index in [1.165, 1.54) is 24.8 Å². The highest BCUT2D eigenvalue weighted by Crippen LogP contribution is 2.36. The molecule has 1 saturated carbocycles. The molecule has 2 atom stereocenters. The third-order valence-corrected chi connectivity index (χ3v) is 5.12. The fourth-order valence-electron chi connectivity index (χ4n) is 3.31. The quantitative estimate of drug-likeness (QED) is 0.915. The number of benzene rings is 1. The molecule has 2 fully saturated rings. The van der Waals surface area contributed by atoms with Crippen molar-refractivity contribution < 1.29 is 5.11 Å². The number of hydrogen-bond donors (Lipinski definition) is 1. The van der Waals surface area contributed by atoms with Crippen LogP contribution in [0.15, 0.2) is 24.3 Å². The van der Waals surface area contributed by atoms with E-state index in [2.05, 4.69) is 48.2 Å². The number of likely N-dealkylation sites (N-methyl/N-ethyl adjacent to an activating group) is 2. The van der Waals surface area contributed by atoms with Gasteiger partial charge < -0.3 is 10.0 Å². The average Bonchev–Trinajstić information content (AvgIpc) is 2.40. The minimum absolute atomic E-state index is 0.198. The highest BCUT2D eigenvalue weighted by atomic mass is 16.3. The summed E-state index contributed by atoms with van der Waals surface area (Å²) in [6.45, 7) is 3.04. The van der Waals surface area contributed by atoms with Gasteiger partial charge in [0.25, 0.3) is 0 Å². The van der Waals surface area contributed by atoms with Gasteiger partial charge >= 0.3 is 0 Å². The molecule has 0 spiro atoms. The topological polar surface area (TPSA) is 26.7 Å². The lowest BCUT2D eigenvalue weighted by atomic mass is 9.80. The van der Waals surface area contributed by atoms with E-state index in [9.17, 15) is 5.11 Å². The number of rotatable bonds is 3. The standard InChI is InChI=1S/C17H26N2O/c1-18-10-11-19(2)16(12-18)17(20)15-8-6-14(7-9-15)13-4-3-5-13/h6-9,13,16-17,20H,3-5,10-12H2,1-2H3. The second-order valence-corrected chi connectivity index (χ2v) is 6.55. The van der Waals surface area contributed by atoms with Crippen molar-refractivity contribution in [3.05, 3.63) is 35.4 Å². The van der Waals surface area contributed by atoms with Crippen molar-refractivity contribution >= 4 is 0 Å². The van der Waals surface area contributed by atoms with Crippen molar-refractivity contribution in [2.24, 2.45) is 0 Å². The second-order valence-electron chi connectivity index (χ2n) is 6.55. The maximum atomic E-state index is 10.7. The van der Waals surface area contributed by atoms with Crippen LogP contribution in [0, 0.1) is 0 Å². The Morgan fingerprint density at radius 1 is 1.10 bits per heavy atom. The lowest BCUT2D eigenvalue weighted by Gasteiger charge is -2.40. The molecular formula is C17H26N2O. The summed E-state index contributed by atoms with van der Waals surface area (Å²) >= 11 is 0. The molecule has 1 aliphatic carbocycles. The first kappa shape index (κ1) is 14.1. The minimum atomic E-state index is -0.391.